The number of aromatic carboxylic acids is 1. The summed E-state index contributed by atoms with van der Waals surface area (Å²) in [6, 6.07) is 1.79. The lowest BCUT2D eigenvalue weighted by molar-refractivity contribution is 0.0695. The molecular weight excluding hydrogens is 246 g/mol. The van der Waals surface area contributed by atoms with Gasteiger partial charge in [0.15, 0.2) is 0 Å². The first-order valence-corrected chi connectivity index (χ1v) is 5.65. The van der Waals surface area contributed by atoms with Gasteiger partial charge in [-0.25, -0.2) is 24.7 Å². The van der Waals surface area contributed by atoms with E-state index in [4.69, 9.17) is 5.11 Å². The first kappa shape index (κ1) is 12.9. The highest BCUT2D eigenvalue weighted by Gasteiger charge is 2.09. The summed E-state index contributed by atoms with van der Waals surface area (Å²) in [5.74, 6) is 0.0341. The number of carbonyl (C=O) groups is 1. The second kappa shape index (κ2) is 5.38. The van der Waals surface area contributed by atoms with E-state index in [1.807, 2.05) is 6.92 Å². The lowest BCUT2D eigenvalue weighted by atomic mass is 10.2. The number of anilines is 1. The van der Waals surface area contributed by atoms with Crippen molar-refractivity contribution in [2.24, 2.45) is 0 Å². The van der Waals surface area contributed by atoms with Gasteiger partial charge in [0.05, 0.1) is 23.5 Å². The van der Waals surface area contributed by atoms with Crippen molar-refractivity contribution in [1.29, 1.82) is 0 Å². The minimum atomic E-state index is -1.03. The van der Waals surface area contributed by atoms with Crippen LogP contribution in [0.15, 0.2) is 18.5 Å². The van der Waals surface area contributed by atoms with E-state index in [0.717, 1.165) is 5.69 Å². The molecule has 2 aromatic heterocycles. The van der Waals surface area contributed by atoms with Crippen molar-refractivity contribution in [2.75, 3.05) is 5.32 Å². The summed E-state index contributed by atoms with van der Waals surface area (Å²) in [7, 11) is 0. The molecule has 0 aliphatic carbocycles. The van der Waals surface area contributed by atoms with E-state index in [0.29, 0.717) is 24.0 Å². The molecule has 2 N–H and O–H groups in total. The molecule has 0 aliphatic rings. The van der Waals surface area contributed by atoms with Crippen LogP contribution in [0.4, 0.5) is 5.95 Å². The minimum Gasteiger partial charge on any atom is -0.478 e. The zero-order valence-electron chi connectivity index (χ0n) is 10.6. The SMILES string of the molecule is Cc1nccc(CNc2ncc(C(=O)O)c(C)n2)n1. The Hall–Kier alpha value is -2.57. The van der Waals surface area contributed by atoms with Crippen molar-refractivity contribution in [3.63, 3.8) is 0 Å². The van der Waals surface area contributed by atoms with Crippen LogP contribution in [0.25, 0.3) is 0 Å². The normalized spacial score (nSPS) is 10.2. The summed E-state index contributed by atoms with van der Waals surface area (Å²) in [4.78, 5) is 27.1. The van der Waals surface area contributed by atoms with Crippen LogP contribution in [0.1, 0.15) is 27.6 Å². The molecule has 0 unspecified atom stereocenters. The zero-order chi connectivity index (χ0) is 13.8. The molecule has 0 saturated carbocycles. The molecule has 7 heteroatoms. The van der Waals surface area contributed by atoms with Gasteiger partial charge in [-0.05, 0) is 19.9 Å². The van der Waals surface area contributed by atoms with Gasteiger partial charge >= 0.3 is 5.97 Å². The third-order valence-electron chi connectivity index (χ3n) is 2.47. The van der Waals surface area contributed by atoms with Gasteiger partial charge in [0.2, 0.25) is 5.95 Å². The Morgan fingerprint density at radius 1 is 1.32 bits per heavy atom. The molecule has 0 radical (unpaired) electrons. The molecule has 2 rings (SSSR count). The molecule has 2 aromatic rings. The number of hydrogen-bond acceptors (Lipinski definition) is 6. The van der Waals surface area contributed by atoms with Gasteiger partial charge in [-0.1, -0.05) is 0 Å². The van der Waals surface area contributed by atoms with Gasteiger partial charge < -0.3 is 10.4 Å². The van der Waals surface area contributed by atoms with Gasteiger partial charge in [0, 0.05) is 12.4 Å². The molecule has 7 nitrogen and oxygen atoms in total. The predicted octanol–water partition coefficient (Wildman–Crippen LogP) is 1.19. The van der Waals surface area contributed by atoms with E-state index in [1.54, 1.807) is 19.2 Å². The minimum absolute atomic E-state index is 0.100. The van der Waals surface area contributed by atoms with Crippen molar-refractivity contribution in [2.45, 2.75) is 20.4 Å². The van der Waals surface area contributed by atoms with Crippen LogP contribution < -0.4 is 5.32 Å². The quantitative estimate of drug-likeness (QED) is 0.850. The van der Waals surface area contributed by atoms with Crippen LogP contribution in [0.3, 0.4) is 0 Å². The topological polar surface area (TPSA) is 101 Å². The predicted molar refractivity (Wildman–Crippen MR) is 67.8 cm³/mol. The number of aromatic nitrogens is 4. The summed E-state index contributed by atoms with van der Waals surface area (Å²) in [5.41, 5.74) is 1.34. The van der Waals surface area contributed by atoms with Crippen LogP contribution in [0.2, 0.25) is 0 Å². The Labute approximate surface area is 109 Å². The molecule has 0 bridgehead atoms. The van der Waals surface area contributed by atoms with Crippen LogP contribution in [-0.2, 0) is 6.54 Å². The van der Waals surface area contributed by atoms with Crippen LogP contribution in [0, 0.1) is 13.8 Å². The second-order valence-electron chi connectivity index (χ2n) is 3.95. The maximum atomic E-state index is 10.8. The van der Waals surface area contributed by atoms with E-state index in [2.05, 4.69) is 25.3 Å². The third-order valence-corrected chi connectivity index (χ3v) is 2.47. The molecule has 0 saturated heterocycles. The molecule has 0 atom stereocenters. The highest BCUT2D eigenvalue weighted by molar-refractivity contribution is 5.88. The van der Waals surface area contributed by atoms with Crippen LogP contribution >= 0.6 is 0 Å². The zero-order valence-corrected chi connectivity index (χ0v) is 10.6. The Bertz CT molecular complexity index is 615. The maximum Gasteiger partial charge on any atom is 0.339 e. The van der Waals surface area contributed by atoms with Crippen molar-refractivity contribution >= 4 is 11.9 Å². The fourth-order valence-electron chi connectivity index (χ4n) is 1.54. The Morgan fingerprint density at radius 3 is 2.74 bits per heavy atom. The number of rotatable bonds is 4. The van der Waals surface area contributed by atoms with Crippen molar-refractivity contribution < 1.29 is 9.90 Å². The van der Waals surface area contributed by atoms with Gasteiger partial charge in [-0.15, -0.1) is 0 Å². The van der Waals surface area contributed by atoms with Crippen LogP contribution in [0.5, 0.6) is 0 Å². The number of carboxylic acid groups (broad SMARTS) is 1. The standard InChI is InChI=1S/C12H13N5O2/c1-7-10(11(18)19)6-15-12(16-7)14-5-9-3-4-13-8(2)17-9/h3-4,6H,5H2,1-2H3,(H,18,19)(H,14,15,16). The van der Waals surface area contributed by atoms with E-state index >= 15 is 0 Å². The lowest BCUT2D eigenvalue weighted by Gasteiger charge is -2.06. The Kier molecular flexibility index (Phi) is 3.65. The maximum absolute atomic E-state index is 10.8. The van der Waals surface area contributed by atoms with Crippen molar-refractivity contribution in [3.8, 4) is 0 Å². The summed E-state index contributed by atoms with van der Waals surface area (Å²) >= 11 is 0. The third kappa shape index (κ3) is 3.21. The van der Waals surface area contributed by atoms with E-state index < -0.39 is 5.97 Å². The Balaban J connectivity index is 2.08. The first-order chi connectivity index (χ1) is 9.06. The van der Waals surface area contributed by atoms with Crippen molar-refractivity contribution in [1.82, 2.24) is 19.9 Å². The molecule has 0 fully saturated rings. The fraction of sp³-hybridized carbons (Fsp3) is 0.250. The fourth-order valence-corrected chi connectivity index (χ4v) is 1.54. The van der Waals surface area contributed by atoms with Gasteiger partial charge in [0.25, 0.3) is 0 Å². The highest BCUT2D eigenvalue weighted by atomic mass is 16.4. The molecule has 19 heavy (non-hydrogen) atoms. The largest absolute Gasteiger partial charge is 0.478 e. The van der Waals surface area contributed by atoms with Gasteiger partial charge in [-0.3, -0.25) is 0 Å². The summed E-state index contributed by atoms with van der Waals surface area (Å²) in [6.45, 7) is 3.90. The van der Waals surface area contributed by atoms with E-state index in [-0.39, 0.29) is 5.56 Å². The number of nitrogens with zero attached hydrogens (tertiary/aromatic N) is 4. The average molecular weight is 259 g/mol. The summed E-state index contributed by atoms with van der Waals surface area (Å²) in [5, 5.41) is 11.9. The Morgan fingerprint density at radius 2 is 2.11 bits per heavy atom. The molecular formula is C12H13N5O2. The second-order valence-corrected chi connectivity index (χ2v) is 3.95. The first-order valence-electron chi connectivity index (χ1n) is 5.65. The highest BCUT2D eigenvalue weighted by Crippen LogP contribution is 2.07. The molecule has 0 aliphatic heterocycles. The molecule has 98 valence electrons. The number of aryl methyl sites for hydroxylation is 2. The number of nitrogens with one attached hydrogen (secondary N) is 1. The summed E-state index contributed by atoms with van der Waals surface area (Å²) in [6.07, 6.45) is 2.97. The van der Waals surface area contributed by atoms with Crippen LogP contribution in [-0.4, -0.2) is 31.0 Å². The number of hydrogen-bond donors (Lipinski definition) is 2. The van der Waals surface area contributed by atoms with E-state index in [1.165, 1.54) is 6.20 Å². The van der Waals surface area contributed by atoms with Gasteiger partial charge in [-0.2, -0.15) is 0 Å². The number of carboxylic acids is 1. The molecule has 0 amide bonds. The molecule has 0 aromatic carbocycles. The summed E-state index contributed by atoms with van der Waals surface area (Å²) < 4.78 is 0. The monoisotopic (exact) mass is 259 g/mol. The lowest BCUT2D eigenvalue weighted by Crippen LogP contribution is -2.09. The van der Waals surface area contributed by atoms with Crippen molar-refractivity contribution in [3.05, 3.63) is 41.2 Å². The van der Waals surface area contributed by atoms with E-state index in [9.17, 15) is 4.79 Å². The van der Waals surface area contributed by atoms with Gasteiger partial charge in [0.1, 0.15) is 5.82 Å². The molecule has 0 spiro atoms. The average Bonchev–Trinajstić information content (AvgIpc) is 2.36. The molecule has 2 heterocycles. The smallest absolute Gasteiger partial charge is 0.339 e.